The van der Waals surface area contributed by atoms with Crippen LogP contribution >= 0.6 is 0 Å². The van der Waals surface area contributed by atoms with Crippen molar-refractivity contribution in [2.75, 3.05) is 6.61 Å². The first-order chi connectivity index (χ1) is 8.15. The van der Waals surface area contributed by atoms with Crippen molar-refractivity contribution in [3.63, 3.8) is 0 Å². The molecule has 1 saturated heterocycles. The third-order valence-corrected chi connectivity index (χ3v) is 2.36. The summed E-state index contributed by atoms with van der Waals surface area (Å²) >= 11 is 0. The van der Waals surface area contributed by atoms with Gasteiger partial charge >= 0.3 is 0 Å². The lowest BCUT2D eigenvalue weighted by atomic mass is 10.2. The molecule has 17 heavy (non-hydrogen) atoms. The van der Waals surface area contributed by atoms with Crippen molar-refractivity contribution in [1.29, 1.82) is 0 Å². The average molecular weight is 235 g/mol. The number of benzene rings is 1. The summed E-state index contributed by atoms with van der Waals surface area (Å²) in [7, 11) is 0. The summed E-state index contributed by atoms with van der Waals surface area (Å²) in [4.78, 5) is 11.4. The summed E-state index contributed by atoms with van der Waals surface area (Å²) in [5, 5.41) is 2.82. The van der Waals surface area contributed by atoms with Crippen LogP contribution in [0.2, 0.25) is 0 Å². The molecule has 1 N–H and O–H groups in total. The Hall–Kier alpha value is -1.55. The molecule has 1 fully saturated rings. The minimum atomic E-state index is -0.231. The predicted octanol–water partition coefficient (Wildman–Crippen LogP) is 1.49. The van der Waals surface area contributed by atoms with Gasteiger partial charge in [-0.15, -0.1) is 0 Å². The van der Waals surface area contributed by atoms with Crippen molar-refractivity contribution in [2.45, 2.75) is 32.6 Å². The number of amides is 1. The molecule has 0 radical (unpaired) electrons. The van der Waals surface area contributed by atoms with E-state index in [1.54, 1.807) is 0 Å². The summed E-state index contributed by atoms with van der Waals surface area (Å²) in [6.07, 6.45) is -0.0789. The molecule has 92 valence electrons. The Balaban J connectivity index is 1.88. The maximum atomic E-state index is 11.4. The average Bonchev–Trinajstić information content (AvgIpc) is 3.09. The summed E-state index contributed by atoms with van der Waals surface area (Å²) in [6.45, 7) is 5.02. The molecule has 0 saturated carbocycles. The van der Waals surface area contributed by atoms with E-state index in [1.165, 1.54) is 0 Å². The highest BCUT2D eigenvalue weighted by Crippen LogP contribution is 2.15. The van der Waals surface area contributed by atoms with E-state index in [1.807, 2.05) is 38.1 Å². The van der Waals surface area contributed by atoms with Crippen LogP contribution in [-0.2, 0) is 16.1 Å². The topological polar surface area (TPSA) is 50.9 Å². The Morgan fingerprint density at radius 3 is 3.00 bits per heavy atom. The molecule has 4 heteroatoms. The van der Waals surface area contributed by atoms with Crippen LogP contribution in [0.4, 0.5) is 0 Å². The minimum absolute atomic E-state index is 0.0415. The standard InChI is InChI=1S/C13H17NO3/c1-9(2)17-11-5-3-4-10(6-11)7-14-13(15)12-8-16-12/h3-6,9,12H,7-8H2,1-2H3,(H,14,15). The maximum Gasteiger partial charge on any atom is 0.251 e. The lowest BCUT2D eigenvalue weighted by Gasteiger charge is -2.11. The van der Waals surface area contributed by atoms with Crippen molar-refractivity contribution in [2.24, 2.45) is 0 Å². The third kappa shape index (κ3) is 3.75. The first-order valence-electron chi connectivity index (χ1n) is 5.80. The van der Waals surface area contributed by atoms with Gasteiger partial charge in [0.05, 0.1) is 12.7 Å². The fourth-order valence-corrected chi connectivity index (χ4v) is 1.50. The molecule has 2 rings (SSSR count). The van der Waals surface area contributed by atoms with Gasteiger partial charge in [0.2, 0.25) is 0 Å². The molecule has 1 aromatic rings. The Bertz CT molecular complexity index is 399. The summed E-state index contributed by atoms with van der Waals surface area (Å²) in [6, 6.07) is 7.73. The monoisotopic (exact) mass is 235 g/mol. The Morgan fingerprint density at radius 1 is 1.59 bits per heavy atom. The second-order valence-corrected chi connectivity index (χ2v) is 4.35. The van der Waals surface area contributed by atoms with Gasteiger partial charge in [0.15, 0.2) is 6.10 Å². The van der Waals surface area contributed by atoms with Crippen LogP contribution < -0.4 is 10.1 Å². The van der Waals surface area contributed by atoms with Crippen LogP contribution in [-0.4, -0.2) is 24.7 Å². The lowest BCUT2D eigenvalue weighted by molar-refractivity contribution is -0.122. The van der Waals surface area contributed by atoms with Crippen molar-refractivity contribution in [1.82, 2.24) is 5.32 Å². The van der Waals surface area contributed by atoms with Gasteiger partial charge in [0, 0.05) is 6.54 Å². The zero-order valence-corrected chi connectivity index (χ0v) is 10.1. The first kappa shape index (κ1) is 11.9. The fraction of sp³-hybridized carbons (Fsp3) is 0.462. The number of carbonyl (C=O) groups excluding carboxylic acids is 1. The van der Waals surface area contributed by atoms with Crippen LogP contribution in [0.15, 0.2) is 24.3 Å². The molecule has 4 nitrogen and oxygen atoms in total. The van der Waals surface area contributed by atoms with Gasteiger partial charge in [0.1, 0.15) is 5.75 Å². The van der Waals surface area contributed by atoms with Crippen LogP contribution in [0.1, 0.15) is 19.4 Å². The van der Waals surface area contributed by atoms with Gasteiger partial charge in [-0.3, -0.25) is 4.79 Å². The van der Waals surface area contributed by atoms with E-state index >= 15 is 0 Å². The summed E-state index contributed by atoms with van der Waals surface area (Å²) in [5.74, 6) is 0.787. The molecular formula is C13H17NO3. The van der Waals surface area contributed by atoms with E-state index in [2.05, 4.69) is 5.32 Å². The highest BCUT2D eigenvalue weighted by Gasteiger charge is 2.30. The van der Waals surface area contributed by atoms with Crippen LogP contribution in [0.25, 0.3) is 0 Å². The smallest absolute Gasteiger partial charge is 0.251 e. The lowest BCUT2D eigenvalue weighted by Crippen LogP contribution is -2.27. The highest BCUT2D eigenvalue weighted by molar-refractivity contribution is 5.82. The SMILES string of the molecule is CC(C)Oc1cccc(CNC(=O)C2CO2)c1. The van der Waals surface area contributed by atoms with Gasteiger partial charge in [-0.2, -0.15) is 0 Å². The number of nitrogens with one attached hydrogen (secondary N) is 1. The van der Waals surface area contributed by atoms with E-state index in [0.717, 1.165) is 11.3 Å². The second-order valence-electron chi connectivity index (χ2n) is 4.35. The molecule has 0 bridgehead atoms. The van der Waals surface area contributed by atoms with Crippen molar-refractivity contribution >= 4 is 5.91 Å². The van der Waals surface area contributed by atoms with Crippen molar-refractivity contribution < 1.29 is 14.3 Å². The quantitative estimate of drug-likeness (QED) is 0.787. The van der Waals surface area contributed by atoms with E-state index in [-0.39, 0.29) is 18.1 Å². The molecule has 0 aromatic heterocycles. The van der Waals surface area contributed by atoms with Gasteiger partial charge in [0.25, 0.3) is 5.91 Å². The highest BCUT2D eigenvalue weighted by atomic mass is 16.6. The summed E-state index contributed by atoms with van der Waals surface area (Å²) in [5.41, 5.74) is 1.03. The maximum absolute atomic E-state index is 11.4. The molecular weight excluding hydrogens is 218 g/mol. The Labute approximate surface area is 101 Å². The van der Waals surface area contributed by atoms with Gasteiger partial charge in [-0.25, -0.2) is 0 Å². The molecule has 1 heterocycles. The number of epoxide rings is 1. The molecule has 0 aliphatic carbocycles. The summed E-state index contributed by atoms with van der Waals surface area (Å²) < 4.78 is 10.5. The van der Waals surface area contributed by atoms with E-state index in [4.69, 9.17) is 9.47 Å². The van der Waals surface area contributed by atoms with E-state index < -0.39 is 0 Å². The molecule has 1 unspecified atom stereocenters. The Morgan fingerprint density at radius 2 is 2.35 bits per heavy atom. The van der Waals surface area contributed by atoms with E-state index in [9.17, 15) is 4.79 Å². The number of hydrogen-bond donors (Lipinski definition) is 1. The minimum Gasteiger partial charge on any atom is -0.491 e. The molecule has 1 aromatic carbocycles. The van der Waals surface area contributed by atoms with E-state index in [0.29, 0.717) is 13.2 Å². The zero-order chi connectivity index (χ0) is 12.3. The first-order valence-corrected chi connectivity index (χ1v) is 5.80. The van der Waals surface area contributed by atoms with Gasteiger partial charge < -0.3 is 14.8 Å². The zero-order valence-electron chi connectivity index (χ0n) is 10.1. The normalized spacial score (nSPS) is 17.9. The van der Waals surface area contributed by atoms with Gasteiger partial charge in [-0.05, 0) is 31.5 Å². The number of hydrogen-bond acceptors (Lipinski definition) is 3. The largest absolute Gasteiger partial charge is 0.491 e. The number of ether oxygens (including phenoxy) is 2. The van der Waals surface area contributed by atoms with Crippen LogP contribution in [0.5, 0.6) is 5.75 Å². The van der Waals surface area contributed by atoms with Crippen LogP contribution in [0, 0.1) is 0 Å². The Kier molecular flexibility index (Phi) is 3.64. The molecule has 0 spiro atoms. The second kappa shape index (κ2) is 5.19. The molecule has 1 atom stereocenters. The molecule has 1 aliphatic heterocycles. The third-order valence-electron chi connectivity index (χ3n) is 2.36. The van der Waals surface area contributed by atoms with Crippen molar-refractivity contribution in [3.8, 4) is 5.75 Å². The van der Waals surface area contributed by atoms with Crippen LogP contribution in [0.3, 0.4) is 0 Å². The number of carbonyl (C=O) groups is 1. The molecule has 1 aliphatic rings. The predicted molar refractivity (Wildman–Crippen MR) is 63.8 cm³/mol. The van der Waals surface area contributed by atoms with Gasteiger partial charge in [-0.1, -0.05) is 12.1 Å². The fourth-order valence-electron chi connectivity index (χ4n) is 1.50. The number of rotatable bonds is 5. The van der Waals surface area contributed by atoms with Crippen molar-refractivity contribution in [3.05, 3.63) is 29.8 Å². The molecule has 1 amide bonds.